The maximum atomic E-state index is 4.32. The van der Waals surface area contributed by atoms with Gasteiger partial charge in [0.25, 0.3) is 0 Å². The normalized spacial score (nSPS) is 28.9. The van der Waals surface area contributed by atoms with Crippen LogP contribution in [-0.2, 0) is 13.6 Å². The van der Waals surface area contributed by atoms with Crippen molar-refractivity contribution in [3.63, 3.8) is 0 Å². The Labute approximate surface area is 115 Å². The van der Waals surface area contributed by atoms with Crippen molar-refractivity contribution >= 4 is 0 Å². The number of hydrogen-bond donors (Lipinski definition) is 1. The molecular weight excluding hydrogens is 238 g/mol. The number of rotatable bonds is 3. The molecule has 0 amide bonds. The Kier molecular flexibility index (Phi) is 3.84. The molecule has 1 N–H and O–H groups in total. The van der Waals surface area contributed by atoms with Crippen molar-refractivity contribution in [2.45, 2.75) is 57.7 Å². The van der Waals surface area contributed by atoms with Gasteiger partial charge in [-0.05, 0) is 45.7 Å². The van der Waals surface area contributed by atoms with E-state index in [1.54, 1.807) is 0 Å². The molecule has 0 spiro atoms. The molecule has 2 fully saturated rings. The molecular formula is C14H25N5. The van der Waals surface area contributed by atoms with Crippen LogP contribution < -0.4 is 5.32 Å². The summed E-state index contributed by atoms with van der Waals surface area (Å²) in [5, 5.41) is 12.2. The van der Waals surface area contributed by atoms with E-state index < -0.39 is 0 Å². The number of piperidine rings is 1. The van der Waals surface area contributed by atoms with Crippen LogP contribution in [0.3, 0.4) is 0 Å². The van der Waals surface area contributed by atoms with E-state index in [0.717, 1.165) is 18.2 Å². The maximum absolute atomic E-state index is 4.32. The van der Waals surface area contributed by atoms with Gasteiger partial charge in [-0.1, -0.05) is 6.42 Å². The summed E-state index contributed by atoms with van der Waals surface area (Å²) in [6.45, 7) is 5.36. The molecule has 19 heavy (non-hydrogen) atoms. The summed E-state index contributed by atoms with van der Waals surface area (Å²) >= 11 is 0. The van der Waals surface area contributed by atoms with E-state index in [4.69, 9.17) is 0 Å². The van der Waals surface area contributed by atoms with Gasteiger partial charge in [0.1, 0.15) is 11.6 Å². The largest absolute Gasteiger partial charge is 0.317 e. The molecule has 0 aromatic carbocycles. The number of hydrogen-bond acceptors (Lipinski definition) is 4. The van der Waals surface area contributed by atoms with Crippen LogP contribution in [-0.4, -0.2) is 44.8 Å². The molecule has 0 bridgehead atoms. The molecule has 2 unspecified atom stereocenters. The number of nitrogens with zero attached hydrogens (tertiary/aromatic N) is 4. The van der Waals surface area contributed by atoms with Crippen molar-refractivity contribution in [2.24, 2.45) is 7.05 Å². The Morgan fingerprint density at radius 1 is 1.21 bits per heavy atom. The molecule has 106 valence electrons. The van der Waals surface area contributed by atoms with Crippen molar-refractivity contribution in [1.82, 2.24) is 25.0 Å². The van der Waals surface area contributed by atoms with E-state index in [1.807, 2.05) is 6.92 Å². The van der Waals surface area contributed by atoms with Crippen LogP contribution in [0.2, 0.25) is 0 Å². The van der Waals surface area contributed by atoms with Gasteiger partial charge < -0.3 is 9.88 Å². The van der Waals surface area contributed by atoms with Gasteiger partial charge in [0, 0.05) is 19.1 Å². The zero-order chi connectivity index (χ0) is 13.2. The first-order chi connectivity index (χ1) is 9.25. The summed E-state index contributed by atoms with van der Waals surface area (Å²) in [5.74, 6) is 2.10. The number of likely N-dealkylation sites (tertiary alicyclic amines) is 1. The standard InChI is InChI=1S/C14H25N5/c1-11-16-17-14(18(11)2)10-19-9-4-3-7-13(19)12-6-5-8-15-12/h12-13,15H,3-10H2,1-2H3. The van der Waals surface area contributed by atoms with Gasteiger partial charge in [0.2, 0.25) is 0 Å². The van der Waals surface area contributed by atoms with Crippen LogP contribution in [0.5, 0.6) is 0 Å². The summed E-state index contributed by atoms with van der Waals surface area (Å²) in [6, 6.07) is 1.38. The minimum Gasteiger partial charge on any atom is -0.317 e. The van der Waals surface area contributed by atoms with E-state index in [1.165, 1.54) is 45.2 Å². The minimum atomic E-state index is 0.688. The van der Waals surface area contributed by atoms with Crippen LogP contribution in [0, 0.1) is 6.92 Å². The van der Waals surface area contributed by atoms with E-state index in [-0.39, 0.29) is 0 Å². The molecule has 5 heteroatoms. The van der Waals surface area contributed by atoms with E-state index in [0.29, 0.717) is 12.1 Å². The molecule has 0 saturated carbocycles. The van der Waals surface area contributed by atoms with Gasteiger partial charge in [-0.3, -0.25) is 4.90 Å². The van der Waals surface area contributed by atoms with Crippen LogP contribution in [0.4, 0.5) is 0 Å². The first kappa shape index (κ1) is 13.1. The number of aromatic nitrogens is 3. The summed E-state index contributed by atoms with van der Waals surface area (Å²) in [5.41, 5.74) is 0. The fourth-order valence-electron chi connectivity index (χ4n) is 3.48. The molecule has 0 radical (unpaired) electrons. The average molecular weight is 263 g/mol. The lowest BCUT2D eigenvalue weighted by atomic mass is 9.94. The third-order valence-electron chi connectivity index (χ3n) is 4.75. The number of aryl methyl sites for hydroxylation is 1. The molecule has 2 aliphatic rings. The van der Waals surface area contributed by atoms with E-state index in [9.17, 15) is 0 Å². The second-order valence-corrected chi connectivity index (χ2v) is 5.96. The summed E-state index contributed by atoms with van der Waals surface area (Å²) in [4.78, 5) is 2.62. The van der Waals surface area contributed by atoms with Crippen LogP contribution in [0.15, 0.2) is 0 Å². The van der Waals surface area contributed by atoms with Crippen LogP contribution in [0.25, 0.3) is 0 Å². The lowest BCUT2D eigenvalue weighted by Gasteiger charge is -2.39. The third-order valence-corrected chi connectivity index (χ3v) is 4.75. The molecule has 0 aliphatic carbocycles. The summed E-state index contributed by atoms with van der Waals surface area (Å²) < 4.78 is 2.12. The van der Waals surface area contributed by atoms with Gasteiger partial charge in [-0.2, -0.15) is 0 Å². The van der Waals surface area contributed by atoms with Gasteiger partial charge in [0.15, 0.2) is 0 Å². The van der Waals surface area contributed by atoms with Gasteiger partial charge in [0.05, 0.1) is 6.54 Å². The van der Waals surface area contributed by atoms with Gasteiger partial charge in [-0.25, -0.2) is 0 Å². The lowest BCUT2D eigenvalue weighted by Crippen LogP contribution is -2.49. The molecule has 2 saturated heterocycles. The molecule has 3 rings (SSSR count). The smallest absolute Gasteiger partial charge is 0.146 e. The Hall–Kier alpha value is -0.940. The zero-order valence-electron chi connectivity index (χ0n) is 12.1. The topological polar surface area (TPSA) is 46.0 Å². The molecule has 5 nitrogen and oxygen atoms in total. The summed E-state index contributed by atoms with van der Waals surface area (Å²) in [6.07, 6.45) is 6.68. The highest BCUT2D eigenvalue weighted by Crippen LogP contribution is 2.25. The van der Waals surface area contributed by atoms with E-state index >= 15 is 0 Å². The highest BCUT2D eigenvalue weighted by atomic mass is 15.3. The van der Waals surface area contributed by atoms with Crippen LogP contribution >= 0.6 is 0 Å². The fourth-order valence-corrected chi connectivity index (χ4v) is 3.48. The fraction of sp³-hybridized carbons (Fsp3) is 0.857. The maximum Gasteiger partial charge on any atom is 0.146 e. The van der Waals surface area contributed by atoms with Crippen molar-refractivity contribution in [3.05, 3.63) is 11.6 Å². The predicted molar refractivity (Wildman–Crippen MR) is 74.8 cm³/mol. The quantitative estimate of drug-likeness (QED) is 0.891. The molecule has 1 aromatic rings. The van der Waals surface area contributed by atoms with Crippen molar-refractivity contribution in [3.8, 4) is 0 Å². The predicted octanol–water partition coefficient (Wildman–Crippen LogP) is 1.23. The van der Waals surface area contributed by atoms with Crippen molar-refractivity contribution in [2.75, 3.05) is 13.1 Å². The van der Waals surface area contributed by atoms with Gasteiger partial charge in [-0.15, -0.1) is 10.2 Å². The molecule has 2 aliphatic heterocycles. The SMILES string of the molecule is Cc1nnc(CN2CCCCC2C2CCCN2)n1C. The van der Waals surface area contributed by atoms with Crippen molar-refractivity contribution < 1.29 is 0 Å². The number of nitrogens with one attached hydrogen (secondary N) is 1. The lowest BCUT2D eigenvalue weighted by molar-refractivity contribution is 0.108. The summed E-state index contributed by atoms with van der Waals surface area (Å²) in [7, 11) is 2.07. The van der Waals surface area contributed by atoms with Crippen LogP contribution in [0.1, 0.15) is 43.8 Å². The molecule has 2 atom stereocenters. The second kappa shape index (κ2) is 5.59. The third kappa shape index (κ3) is 2.67. The van der Waals surface area contributed by atoms with Crippen molar-refractivity contribution in [1.29, 1.82) is 0 Å². The van der Waals surface area contributed by atoms with Gasteiger partial charge >= 0.3 is 0 Å². The first-order valence-electron chi connectivity index (χ1n) is 7.58. The van der Waals surface area contributed by atoms with E-state index in [2.05, 4.69) is 32.0 Å². The Bertz CT molecular complexity index is 421. The Morgan fingerprint density at radius 3 is 2.79 bits per heavy atom. The molecule has 3 heterocycles. The Balaban J connectivity index is 1.71. The highest BCUT2D eigenvalue weighted by Gasteiger charge is 2.32. The second-order valence-electron chi connectivity index (χ2n) is 5.96. The average Bonchev–Trinajstić information content (AvgIpc) is 3.05. The zero-order valence-corrected chi connectivity index (χ0v) is 12.1. The Morgan fingerprint density at radius 2 is 2.11 bits per heavy atom. The first-order valence-corrected chi connectivity index (χ1v) is 7.58. The minimum absolute atomic E-state index is 0.688. The monoisotopic (exact) mass is 263 g/mol. The highest BCUT2D eigenvalue weighted by molar-refractivity contribution is 4.96. The molecule has 1 aromatic heterocycles.